The smallest absolute Gasteiger partial charge is 0.241 e. The van der Waals surface area contributed by atoms with E-state index in [-0.39, 0.29) is 4.90 Å². The number of rotatable bonds is 4. The Labute approximate surface area is 108 Å². The minimum atomic E-state index is -3.71. The van der Waals surface area contributed by atoms with Gasteiger partial charge in [-0.1, -0.05) is 6.07 Å². The standard InChI is InChI=1S/C12H20N2O3S/c1-8-5-6-10(13)7-11(8)18(16,17)14-12(3,4)9(2)15/h5-7,9,14-15H,13H2,1-4H3. The zero-order valence-corrected chi connectivity index (χ0v) is 11.9. The number of aryl methyl sites for hydroxylation is 1. The van der Waals surface area contributed by atoms with Gasteiger partial charge in [0.2, 0.25) is 10.0 Å². The second kappa shape index (κ2) is 4.87. The highest BCUT2D eigenvalue weighted by molar-refractivity contribution is 7.89. The first-order chi connectivity index (χ1) is 8.06. The van der Waals surface area contributed by atoms with Crippen molar-refractivity contribution in [3.8, 4) is 0 Å². The lowest BCUT2D eigenvalue weighted by atomic mass is 10.0. The van der Waals surface area contributed by atoms with Gasteiger partial charge in [0.15, 0.2) is 0 Å². The Hall–Kier alpha value is -1.11. The van der Waals surface area contributed by atoms with Crippen LogP contribution in [-0.2, 0) is 10.0 Å². The summed E-state index contributed by atoms with van der Waals surface area (Å²) >= 11 is 0. The first kappa shape index (κ1) is 14.9. The molecule has 0 heterocycles. The molecule has 0 fully saturated rings. The molecule has 0 aliphatic rings. The lowest BCUT2D eigenvalue weighted by Gasteiger charge is -2.29. The average Bonchev–Trinajstić information content (AvgIpc) is 2.19. The van der Waals surface area contributed by atoms with Crippen LogP contribution in [0.1, 0.15) is 26.3 Å². The van der Waals surface area contributed by atoms with Gasteiger partial charge < -0.3 is 10.8 Å². The van der Waals surface area contributed by atoms with Crippen LogP contribution in [-0.4, -0.2) is 25.2 Å². The topological polar surface area (TPSA) is 92.4 Å². The zero-order chi connectivity index (χ0) is 14.1. The molecule has 6 heteroatoms. The summed E-state index contributed by atoms with van der Waals surface area (Å²) in [6, 6.07) is 4.71. The van der Waals surface area contributed by atoms with Crippen molar-refractivity contribution in [2.75, 3.05) is 5.73 Å². The highest BCUT2D eigenvalue weighted by Gasteiger charge is 2.31. The first-order valence-corrected chi connectivity index (χ1v) is 7.13. The Morgan fingerprint density at radius 1 is 1.39 bits per heavy atom. The number of nitrogens with two attached hydrogens (primary N) is 1. The van der Waals surface area contributed by atoms with E-state index in [1.807, 2.05) is 0 Å². The van der Waals surface area contributed by atoms with Gasteiger partial charge in [-0.25, -0.2) is 13.1 Å². The Bertz CT molecular complexity index is 536. The van der Waals surface area contributed by atoms with Crippen LogP contribution in [0.2, 0.25) is 0 Å². The molecule has 4 N–H and O–H groups in total. The molecule has 18 heavy (non-hydrogen) atoms. The molecule has 1 aromatic rings. The van der Waals surface area contributed by atoms with E-state index in [9.17, 15) is 13.5 Å². The van der Waals surface area contributed by atoms with Gasteiger partial charge in [-0.15, -0.1) is 0 Å². The van der Waals surface area contributed by atoms with Crippen molar-refractivity contribution in [2.24, 2.45) is 0 Å². The number of nitrogens with one attached hydrogen (secondary N) is 1. The fourth-order valence-electron chi connectivity index (χ4n) is 1.39. The van der Waals surface area contributed by atoms with Crippen LogP contribution in [0.4, 0.5) is 5.69 Å². The SMILES string of the molecule is Cc1ccc(N)cc1S(=O)(=O)NC(C)(C)C(C)O. The molecule has 0 saturated heterocycles. The molecule has 1 unspecified atom stereocenters. The Morgan fingerprint density at radius 2 is 1.94 bits per heavy atom. The number of nitrogen functional groups attached to an aromatic ring is 1. The Kier molecular flexibility index (Phi) is 4.05. The fraction of sp³-hybridized carbons (Fsp3) is 0.500. The third-order valence-corrected chi connectivity index (χ3v) is 4.76. The average molecular weight is 272 g/mol. The van der Waals surface area contributed by atoms with Crippen LogP contribution in [0.3, 0.4) is 0 Å². The Morgan fingerprint density at radius 3 is 2.44 bits per heavy atom. The van der Waals surface area contributed by atoms with E-state index in [1.54, 1.807) is 32.9 Å². The van der Waals surface area contributed by atoms with Gasteiger partial charge in [-0.05, 0) is 45.4 Å². The number of hydrogen-bond acceptors (Lipinski definition) is 4. The summed E-state index contributed by atoms with van der Waals surface area (Å²) < 4.78 is 27.0. The van der Waals surface area contributed by atoms with Crippen molar-refractivity contribution < 1.29 is 13.5 Å². The van der Waals surface area contributed by atoms with E-state index in [4.69, 9.17) is 5.73 Å². The molecule has 0 bridgehead atoms. The van der Waals surface area contributed by atoms with E-state index in [2.05, 4.69) is 4.72 Å². The van der Waals surface area contributed by atoms with Crippen molar-refractivity contribution in [1.82, 2.24) is 4.72 Å². The number of anilines is 1. The molecule has 0 radical (unpaired) electrons. The minimum absolute atomic E-state index is 0.135. The summed E-state index contributed by atoms with van der Waals surface area (Å²) in [5, 5.41) is 9.56. The zero-order valence-electron chi connectivity index (χ0n) is 11.1. The molecule has 0 aliphatic heterocycles. The van der Waals surface area contributed by atoms with E-state index >= 15 is 0 Å². The van der Waals surface area contributed by atoms with E-state index < -0.39 is 21.7 Å². The second-order valence-electron chi connectivity index (χ2n) is 5.03. The van der Waals surface area contributed by atoms with Crippen LogP contribution in [0.15, 0.2) is 23.1 Å². The molecule has 0 amide bonds. The number of hydrogen-bond donors (Lipinski definition) is 3. The monoisotopic (exact) mass is 272 g/mol. The number of aliphatic hydroxyl groups is 1. The third-order valence-electron chi connectivity index (χ3n) is 2.94. The van der Waals surface area contributed by atoms with Crippen molar-refractivity contribution in [3.63, 3.8) is 0 Å². The quantitative estimate of drug-likeness (QED) is 0.713. The van der Waals surface area contributed by atoms with Crippen molar-refractivity contribution in [2.45, 2.75) is 44.2 Å². The summed E-state index contributed by atoms with van der Waals surface area (Å²) in [5.74, 6) is 0. The summed E-state index contributed by atoms with van der Waals surface area (Å²) in [6.45, 7) is 6.48. The summed E-state index contributed by atoms with van der Waals surface area (Å²) in [4.78, 5) is 0.135. The normalized spacial score (nSPS) is 14.5. The van der Waals surface area contributed by atoms with Crippen molar-refractivity contribution in [3.05, 3.63) is 23.8 Å². The van der Waals surface area contributed by atoms with E-state index in [1.165, 1.54) is 13.0 Å². The maximum absolute atomic E-state index is 12.2. The molecule has 0 spiro atoms. The summed E-state index contributed by atoms with van der Waals surface area (Å²) in [5.41, 5.74) is 5.65. The lowest BCUT2D eigenvalue weighted by Crippen LogP contribution is -2.50. The van der Waals surface area contributed by atoms with Gasteiger partial charge in [-0.3, -0.25) is 0 Å². The molecular formula is C12H20N2O3S. The van der Waals surface area contributed by atoms with Gasteiger partial charge in [0, 0.05) is 5.69 Å². The molecule has 0 aromatic heterocycles. The van der Waals surface area contributed by atoms with Crippen molar-refractivity contribution >= 4 is 15.7 Å². The molecule has 102 valence electrons. The molecule has 1 atom stereocenters. The fourth-order valence-corrected chi connectivity index (χ4v) is 3.15. The highest BCUT2D eigenvalue weighted by Crippen LogP contribution is 2.21. The van der Waals surface area contributed by atoms with Crippen molar-refractivity contribution in [1.29, 1.82) is 0 Å². The number of aliphatic hydroxyl groups excluding tert-OH is 1. The van der Waals surface area contributed by atoms with Gasteiger partial charge in [0.1, 0.15) is 0 Å². The number of benzene rings is 1. The van der Waals surface area contributed by atoms with Gasteiger partial charge in [0.25, 0.3) is 0 Å². The first-order valence-electron chi connectivity index (χ1n) is 5.64. The van der Waals surface area contributed by atoms with E-state index in [0.29, 0.717) is 11.3 Å². The van der Waals surface area contributed by atoms with Crippen LogP contribution in [0.25, 0.3) is 0 Å². The molecular weight excluding hydrogens is 252 g/mol. The molecule has 0 aliphatic carbocycles. The molecule has 1 aromatic carbocycles. The minimum Gasteiger partial charge on any atom is -0.399 e. The van der Waals surface area contributed by atoms with Gasteiger partial charge >= 0.3 is 0 Å². The van der Waals surface area contributed by atoms with Crippen LogP contribution >= 0.6 is 0 Å². The maximum Gasteiger partial charge on any atom is 0.241 e. The van der Waals surface area contributed by atoms with Gasteiger partial charge in [-0.2, -0.15) is 0 Å². The van der Waals surface area contributed by atoms with Crippen LogP contribution < -0.4 is 10.5 Å². The predicted octanol–water partition coefficient (Wildman–Crippen LogP) is 1.01. The summed E-state index contributed by atoms with van der Waals surface area (Å²) in [6.07, 6.45) is -0.811. The Balaban J connectivity index is 3.19. The van der Waals surface area contributed by atoms with E-state index in [0.717, 1.165) is 0 Å². The molecule has 0 saturated carbocycles. The van der Waals surface area contributed by atoms with Crippen LogP contribution in [0, 0.1) is 6.92 Å². The predicted molar refractivity (Wildman–Crippen MR) is 71.7 cm³/mol. The lowest BCUT2D eigenvalue weighted by molar-refractivity contribution is 0.111. The van der Waals surface area contributed by atoms with Gasteiger partial charge in [0.05, 0.1) is 16.5 Å². The number of sulfonamides is 1. The second-order valence-corrected chi connectivity index (χ2v) is 6.68. The molecule has 5 nitrogen and oxygen atoms in total. The molecule has 1 rings (SSSR count). The largest absolute Gasteiger partial charge is 0.399 e. The maximum atomic E-state index is 12.2. The summed E-state index contributed by atoms with van der Waals surface area (Å²) in [7, 11) is -3.71. The third kappa shape index (κ3) is 3.22. The highest BCUT2D eigenvalue weighted by atomic mass is 32.2. The van der Waals surface area contributed by atoms with Crippen LogP contribution in [0.5, 0.6) is 0 Å².